The fourth-order valence-electron chi connectivity index (χ4n) is 0.917. The molecule has 0 aliphatic rings. The van der Waals surface area contributed by atoms with Gasteiger partial charge in [-0.1, -0.05) is 6.07 Å². The fourth-order valence-corrected chi connectivity index (χ4v) is 1.16. The molecule has 1 aromatic carbocycles. The lowest BCUT2D eigenvalue weighted by molar-refractivity contribution is 0.368. The Labute approximate surface area is 86.0 Å². The van der Waals surface area contributed by atoms with Crippen LogP contribution in [0.3, 0.4) is 0 Å². The van der Waals surface area contributed by atoms with Gasteiger partial charge in [-0.25, -0.2) is 4.39 Å². The predicted molar refractivity (Wildman–Crippen MR) is 55.2 cm³/mol. The Balaban J connectivity index is 2.79. The first-order valence-corrected chi connectivity index (χ1v) is 5.32. The van der Waals surface area contributed by atoms with E-state index in [0.717, 1.165) is 6.07 Å². The molecule has 6 heteroatoms. The van der Waals surface area contributed by atoms with Crippen LogP contribution in [0.25, 0.3) is 0 Å². The van der Waals surface area contributed by atoms with Gasteiger partial charge in [0.15, 0.2) is 11.6 Å². The van der Waals surface area contributed by atoms with Crippen LogP contribution in [-0.4, -0.2) is 29.4 Å². The summed E-state index contributed by atoms with van der Waals surface area (Å²) in [6.45, 7) is 0. The first-order valence-electron chi connectivity index (χ1n) is 3.92. The van der Waals surface area contributed by atoms with E-state index in [1.165, 1.54) is 23.9 Å². The van der Waals surface area contributed by atoms with E-state index in [1.54, 1.807) is 0 Å². The van der Waals surface area contributed by atoms with E-state index in [0.29, 0.717) is 5.94 Å². The molecule has 0 unspecified atom stereocenters. The van der Waals surface area contributed by atoms with Crippen molar-refractivity contribution in [3.05, 3.63) is 24.0 Å². The van der Waals surface area contributed by atoms with Gasteiger partial charge >= 0.3 is 7.12 Å². The van der Waals surface area contributed by atoms with Crippen LogP contribution in [0.4, 0.5) is 4.39 Å². The molecular formula is C8H10BFO3S. The molecule has 0 radical (unpaired) electrons. The van der Waals surface area contributed by atoms with E-state index >= 15 is 0 Å². The number of benzene rings is 1. The van der Waals surface area contributed by atoms with Crippen molar-refractivity contribution in [3.63, 3.8) is 0 Å². The normalized spacial score (nSPS) is 10.0. The summed E-state index contributed by atoms with van der Waals surface area (Å²) in [5, 5.41) is 17.5. The van der Waals surface area contributed by atoms with Gasteiger partial charge in [0.2, 0.25) is 0 Å². The van der Waals surface area contributed by atoms with Gasteiger partial charge in [-0.2, -0.15) is 0 Å². The van der Waals surface area contributed by atoms with Crippen molar-refractivity contribution in [2.75, 3.05) is 12.2 Å². The summed E-state index contributed by atoms with van der Waals surface area (Å²) in [4.78, 5) is 0. The van der Waals surface area contributed by atoms with E-state index in [-0.39, 0.29) is 11.2 Å². The maximum Gasteiger partial charge on any atom is 0.488 e. The molecule has 14 heavy (non-hydrogen) atoms. The quantitative estimate of drug-likeness (QED) is 0.557. The minimum atomic E-state index is -1.65. The van der Waals surface area contributed by atoms with Gasteiger partial charge in [-0.3, -0.25) is 0 Å². The van der Waals surface area contributed by atoms with Gasteiger partial charge in [0, 0.05) is 0 Å². The maximum absolute atomic E-state index is 13.2. The number of halogens is 1. The summed E-state index contributed by atoms with van der Waals surface area (Å²) in [5.74, 6) is -0.119. The maximum atomic E-state index is 13.2. The minimum Gasteiger partial charge on any atom is -0.480 e. The molecule has 3 nitrogen and oxygen atoms in total. The van der Waals surface area contributed by atoms with Gasteiger partial charge in [-0.05, 0) is 23.9 Å². The van der Waals surface area contributed by atoms with Crippen LogP contribution in [0.2, 0.25) is 0 Å². The highest BCUT2D eigenvalue weighted by atomic mass is 32.2. The van der Waals surface area contributed by atoms with Crippen molar-refractivity contribution in [2.45, 2.75) is 0 Å². The summed E-state index contributed by atoms with van der Waals surface area (Å²) in [6, 6.07) is 3.82. The van der Waals surface area contributed by atoms with Crippen molar-refractivity contribution < 1.29 is 19.2 Å². The van der Waals surface area contributed by atoms with Crippen molar-refractivity contribution in [1.82, 2.24) is 0 Å². The van der Waals surface area contributed by atoms with Crippen LogP contribution in [0, 0.1) is 5.82 Å². The number of thioether (sulfide) groups is 1. The van der Waals surface area contributed by atoms with Crippen molar-refractivity contribution in [1.29, 1.82) is 0 Å². The molecular weight excluding hydrogens is 206 g/mol. The van der Waals surface area contributed by atoms with E-state index in [9.17, 15) is 4.39 Å². The zero-order chi connectivity index (χ0) is 10.6. The highest BCUT2D eigenvalue weighted by molar-refractivity contribution is 7.98. The molecule has 0 spiro atoms. The van der Waals surface area contributed by atoms with Crippen LogP contribution in [0.5, 0.6) is 5.75 Å². The Bertz CT molecular complexity index is 309. The third-order valence-corrected chi connectivity index (χ3v) is 1.94. The molecule has 0 heterocycles. The highest BCUT2D eigenvalue weighted by Crippen LogP contribution is 2.15. The third kappa shape index (κ3) is 2.90. The van der Waals surface area contributed by atoms with E-state index < -0.39 is 12.9 Å². The lowest BCUT2D eigenvalue weighted by atomic mass is 9.80. The summed E-state index contributed by atoms with van der Waals surface area (Å²) in [6.07, 6.45) is 1.84. The van der Waals surface area contributed by atoms with E-state index in [1.807, 2.05) is 6.26 Å². The first kappa shape index (κ1) is 11.4. The monoisotopic (exact) mass is 216 g/mol. The van der Waals surface area contributed by atoms with Crippen molar-refractivity contribution in [3.8, 4) is 5.75 Å². The smallest absolute Gasteiger partial charge is 0.480 e. The molecule has 2 N–H and O–H groups in total. The highest BCUT2D eigenvalue weighted by Gasteiger charge is 2.13. The molecule has 1 aromatic rings. The molecule has 0 atom stereocenters. The lowest BCUT2D eigenvalue weighted by Crippen LogP contribution is -2.29. The number of ether oxygens (including phenoxy) is 1. The largest absolute Gasteiger partial charge is 0.488 e. The molecule has 0 amide bonds. The van der Waals surface area contributed by atoms with Gasteiger partial charge < -0.3 is 14.8 Å². The number of hydrogen-bond acceptors (Lipinski definition) is 4. The zero-order valence-corrected chi connectivity index (χ0v) is 8.42. The average Bonchev–Trinajstić information content (AvgIpc) is 2.15. The van der Waals surface area contributed by atoms with Gasteiger partial charge in [0.1, 0.15) is 5.94 Å². The van der Waals surface area contributed by atoms with Gasteiger partial charge in [0.25, 0.3) is 0 Å². The fraction of sp³-hybridized carbons (Fsp3) is 0.250. The molecule has 0 saturated heterocycles. The molecule has 0 saturated carbocycles. The molecule has 0 aliphatic heterocycles. The molecule has 1 rings (SSSR count). The van der Waals surface area contributed by atoms with Gasteiger partial charge in [-0.15, -0.1) is 11.8 Å². The van der Waals surface area contributed by atoms with Crippen LogP contribution in [0.1, 0.15) is 0 Å². The Kier molecular flexibility index (Phi) is 4.25. The SMILES string of the molecule is CSCOc1ccc(B(O)O)cc1F. The van der Waals surface area contributed by atoms with Crippen LogP contribution in [-0.2, 0) is 0 Å². The Hall–Kier alpha value is -0.715. The summed E-state index contributed by atoms with van der Waals surface area (Å²) >= 11 is 1.43. The van der Waals surface area contributed by atoms with E-state index in [2.05, 4.69) is 0 Å². The second-order valence-electron chi connectivity index (χ2n) is 2.61. The van der Waals surface area contributed by atoms with Gasteiger partial charge in [0.05, 0.1) is 0 Å². The number of rotatable bonds is 4. The second kappa shape index (κ2) is 5.24. The summed E-state index contributed by atoms with van der Waals surface area (Å²) in [5.41, 5.74) is 0.110. The molecule has 0 aliphatic carbocycles. The third-order valence-electron chi connectivity index (χ3n) is 1.59. The predicted octanol–water partition coefficient (Wildman–Crippen LogP) is 0.205. The Morgan fingerprint density at radius 2 is 2.21 bits per heavy atom. The van der Waals surface area contributed by atoms with Crippen LogP contribution >= 0.6 is 11.8 Å². The number of hydrogen-bond donors (Lipinski definition) is 2. The van der Waals surface area contributed by atoms with Crippen LogP contribution in [0.15, 0.2) is 18.2 Å². The van der Waals surface area contributed by atoms with Crippen LogP contribution < -0.4 is 10.2 Å². The zero-order valence-electron chi connectivity index (χ0n) is 7.61. The minimum absolute atomic E-state index is 0.110. The molecule has 0 fully saturated rings. The topological polar surface area (TPSA) is 49.7 Å². The lowest BCUT2D eigenvalue weighted by Gasteiger charge is -2.06. The van der Waals surface area contributed by atoms with E-state index in [4.69, 9.17) is 14.8 Å². The van der Waals surface area contributed by atoms with Crippen molar-refractivity contribution >= 4 is 24.3 Å². The Morgan fingerprint density at radius 1 is 1.50 bits per heavy atom. The second-order valence-corrected chi connectivity index (χ2v) is 3.43. The standard InChI is InChI=1S/C8H10BFO3S/c1-14-5-13-8-3-2-6(9(11)12)4-7(8)10/h2-4,11-12H,5H2,1H3. The van der Waals surface area contributed by atoms with Crippen molar-refractivity contribution in [2.24, 2.45) is 0 Å². The summed E-state index contributed by atoms with van der Waals surface area (Å²) in [7, 11) is -1.65. The average molecular weight is 216 g/mol. The Morgan fingerprint density at radius 3 is 2.71 bits per heavy atom. The molecule has 0 aromatic heterocycles. The molecule has 76 valence electrons. The first-order chi connectivity index (χ1) is 6.65. The summed E-state index contributed by atoms with van der Waals surface area (Å²) < 4.78 is 18.2. The molecule has 0 bridgehead atoms.